The van der Waals surface area contributed by atoms with Crippen LogP contribution in [0.4, 0.5) is 0 Å². The first kappa shape index (κ1) is 13.0. The predicted molar refractivity (Wildman–Crippen MR) is 62.0 cm³/mol. The van der Waals surface area contributed by atoms with Crippen molar-refractivity contribution < 1.29 is 9.59 Å². The molecule has 1 aliphatic heterocycles. The number of nitrogens with one attached hydrogen (secondary N) is 1. The van der Waals surface area contributed by atoms with Crippen molar-refractivity contribution in [3.05, 3.63) is 0 Å². The van der Waals surface area contributed by atoms with Crippen molar-refractivity contribution in [2.45, 2.75) is 26.3 Å². The molecule has 5 nitrogen and oxygen atoms in total. The highest BCUT2D eigenvalue weighted by Gasteiger charge is 2.29. The molecule has 16 heavy (non-hydrogen) atoms. The quantitative estimate of drug-likeness (QED) is 0.700. The number of amides is 2. The van der Waals surface area contributed by atoms with E-state index >= 15 is 0 Å². The zero-order chi connectivity index (χ0) is 12.1. The standard InChI is InChI=1S/C11H21N3O2/c1-4-14(5-2)10(15)8-12-9-6-7-13(3)11(9)16/h9,12H,4-8H2,1-3H3. The maximum Gasteiger partial charge on any atom is 0.239 e. The number of likely N-dealkylation sites (tertiary alicyclic amines) is 1. The van der Waals surface area contributed by atoms with Gasteiger partial charge in [-0.2, -0.15) is 0 Å². The van der Waals surface area contributed by atoms with Crippen LogP contribution in [0.15, 0.2) is 0 Å². The molecule has 0 bridgehead atoms. The van der Waals surface area contributed by atoms with Gasteiger partial charge in [-0.25, -0.2) is 0 Å². The Hall–Kier alpha value is -1.10. The summed E-state index contributed by atoms with van der Waals surface area (Å²) < 4.78 is 0. The second-order valence-electron chi connectivity index (χ2n) is 4.05. The summed E-state index contributed by atoms with van der Waals surface area (Å²) in [5.74, 6) is 0.153. The van der Waals surface area contributed by atoms with Crippen LogP contribution in [0.1, 0.15) is 20.3 Å². The van der Waals surface area contributed by atoms with E-state index in [2.05, 4.69) is 5.32 Å². The van der Waals surface area contributed by atoms with Crippen LogP contribution in [0.2, 0.25) is 0 Å². The first-order valence-electron chi connectivity index (χ1n) is 5.86. The van der Waals surface area contributed by atoms with E-state index in [9.17, 15) is 9.59 Å². The molecule has 0 aromatic carbocycles. The van der Waals surface area contributed by atoms with Gasteiger partial charge in [-0.15, -0.1) is 0 Å². The number of carbonyl (C=O) groups is 2. The van der Waals surface area contributed by atoms with Crippen LogP contribution in [-0.4, -0.2) is 60.9 Å². The SMILES string of the molecule is CCN(CC)C(=O)CNC1CCN(C)C1=O. The van der Waals surface area contributed by atoms with Gasteiger partial charge in [0, 0.05) is 26.7 Å². The molecule has 2 amide bonds. The van der Waals surface area contributed by atoms with Crippen molar-refractivity contribution in [2.75, 3.05) is 33.2 Å². The molecule has 1 unspecified atom stereocenters. The Labute approximate surface area is 96.8 Å². The van der Waals surface area contributed by atoms with E-state index < -0.39 is 0 Å². The fraction of sp³-hybridized carbons (Fsp3) is 0.818. The lowest BCUT2D eigenvalue weighted by Gasteiger charge is -2.20. The van der Waals surface area contributed by atoms with Gasteiger partial charge < -0.3 is 9.80 Å². The minimum Gasteiger partial charge on any atom is -0.344 e. The van der Waals surface area contributed by atoms with Gasteiger partial charge in [0.1, 0.15) is 0 Å². The average molecular weight is 227 g/mol. The molecule has 0 aromatic rings. The fourth-order valence-corrected chi connectivity index (χ4v) is 1.91. The molecule has 92 valence electrons. The van der Waals surface area contributed by atoms with Crippen LogP contribution >= 0.6 is 0 Å². The Morgan fingerprint density at radius 1 is 1.50 bits per heavy atom. The second-order valence-corrected chi connectivity index (χ2v) is 4.05. The van der Waals surface area contributed by atoms with Gasteiger partial charge in [0.05, 0.1) is 12.6 Å². The van der Waals surface area contributed by atoms with E-state index in [-0.39, 0.29) is 24.4 Å². The van der Waals surface area contributed by atoms with Gasteiger partial charge in [0.15, 0.2) is 0 Å². The second kappa shape index (κ2) is 5.84. The Morgan fingerprint density at radius 2 is 2.12 bits per heavy atom. The molecule has 0 aliphatic carbocycles. The summed E-state index contributed by atoms with van der Waals surface area (Å²) in [6.45, 7) is 6.37. The van der Waals surface area contributed by atoms with Crippen molar-refractivity contribution in [2.24, 2.45) is 0 Å². The van der Waals surface area contributed by atoms with Crippen LogP contribution in [-0.2, 0) is 9.59 Å². The minimum atomic E-state index is -0.176. The van der Waals surface area contributed by atoms with Crippen LogP contribution in [0.25, 0.3) is 0 Å². The van der Waals surface area contributed by atoms with Crippen molar-refractivity contribution in [1.82, 2.24) is 15.1 Å². The van der Waals surface area contributed by atoms with Crippen molar-refractivity contribution in [3.8, 4) is 0 Å². The first-order chi connectivity index (χ1) is 7.60. The smallest absolute Gasteiger partial charge is 0.239 e. The molecule has 1 N–H and O–H groups in total. The molecule has 0 aromatic heterocycles. The van der Waals surface area contributed by atoms with Gasteiger partial charge in [-0.1, -0.05) is 0 Å². The van der Waals surface area contributed by atoms with E-state index in [0.717, 1.165) is 26.1 Å². The maximum absolute atomic E-state index is 11.7. The molecule has 1 heterocycles. The molecule has 5 heteroatoms. The zero-order valence-corrected chi connectivity index (χ0v) is 10.3. The minimum absolute atomic E-state index is 0.0624. The monoisotopic (exact) mass is 227 g/mol. The van der Waals surface area contributed by atoms with E-state index in [1.807, 2.05) is 13.8 Å². The fourth-order valence-electron chi connectivity index (χ4n) is 1.91. The highest BCUT2D eigenvalue weighted by molar-refractivity contribution is 5.85. The lowest BCUT2D eigenvalue weighted by atomic mass is 10.2. The van der Waals surface area contributed by atoms with E-state index in [1.54, 1.807) is 16.8 Å². The largest absolute Gasteiger partial charge is 0.344 e. The summed E-state index contributed by atoms with van der Waals surface area (Å²) in [7, 11) is 1.79. The Balaban J connectivity index is 2.35. The molecule has 0 spiro atoms. The summed E-state index contributed by atoms with van der Waals surface area (Å²) in [5, 5.41) is 3.03. The van der Waals surface area contributed by atoms with Crippen molar-refractivity contribution in [1.29, 1.82) is 0 Å². The van der Waals surface area contributed by atoms with Crippen LogP contribution in [0.5, 0.6) is 0 Å². The van der Waals surface area contributed by atoms with E-state index in [0.29, 0.717) is 0 Å². The molecule has 0 saturated carbocycles. The molecule has 1 saturated heterocycles. The normalized spacial score (nSPS) is 20.3. The van der Waals surface area contributed by atoms with Crippen LogP contribution < -0.4 is 5.32 Å². The van der Waals surface area contributed by atoms with Gasteiger partial charge in [-0.3, -0.25) is 14.9 Å². The summed E-state index contributed by atoms with van der Waals surface area (Å²) >= 11 is 0. The molecule has 1 rings (SSSR count). The Bertz CT molecular complexity index is 264. The lowest BCUT2D eigenvalue weighted by Crippen LogP contribution is -2.44. The number of hydrogen-bond acceptors (Lipinski definition) is 3. The third kappa shape index (κ3) is 2.95. The van der Waals surface area contributed by atoms with Crippen LogP contribution in [0, 0.1) is 0 Å². The highest BCUT2D eigenvalue weighted by atomic mass is 16.2. The zero-order valence-electron chi connectivity index (χ0n) is 10.3. The maximum atomic E-state index is 11.7. The summed E-state index contributed by atoms with van der Waals surface area (Å²) in [5.41, 5.74) is 0. The van der Waals surface area contributed by atoms with Crippen molar-refractivity contribution >= 4 is 11.8 Å². The number of hydrogen-bond donors (Lipinski definition) is 1. The highest BCUT2D eigenvalue weighted by Crippen LogP contribution is 2.07. The van der Waals surface area contributed by atoms with E-state index in [1.165, 1.54) is 0 Å². The molecule has 0 radical (unpaired) electrons. The Kier molecular flexibility index (Phi) is 4.73. The van der Waals surface area contributed by atoms with Crippen molar-refractivity contribution in [3.63, 3.8) is 0 Å². The van der Waals surface area contributed by atoms with Gasteiger partial charge in [-0.05, 0) is 20.3 Å². The summed E-state index contributed by atoms with van der Waals surface area (Å²) in [6.07, 6.45) is 0.793. The van der Waals surface area contributed by atoms with Gasteiger partial charge >= 0.3 is 0 Å². The summed E-state index contributed by atoms with van der Waals surface area (Å²) in [4.78, 5) is 26.7. The van der Waals surface area contributed by atoms with E-state index in [4.69, 9.17) is 0 Å². The molecule has 1 aliphatic rings. The number of rotatable bonds is 5. The number of nitrogens with zero attached hydrogens (tertiary/aromatic N) is 2. The third-order valence-electron chi connectivity index (χ3n) is 3.04. The van der Waals surface area contributed by atoms with Gasteiger partial charge in [0.25, 0.3) is 0 Å². The first-order valence-corrected chi connectivity index (χ1v) is 5.86. The number of likely N-dealkylation sites (N-methyl/N-ethyl adjacent to an activating group) is 2. The number of carbonyl (C=O) groups excluding carboxylic acids is 2. The topological polar surface area (TPSA) is 52.7 Å². The third-order valence-corrected chi connectivity index (χ3v) is 3.04. The molecule has 1 atom stereocenters. The predicted octanol–water partition coefficient (Wildman–Crippen LogP) is -0.325. The van der Waals surface area contributed by atoms with Crippen LogP contribution in [0.3, 0.4) is 0 Å². The molecule has 1 fully saturated rings. The molecular weight excluding hydrogens is 206 g/mol. The lowest BCUT2D eigenvalue weighted by molar-refractivity contribution is -0.130. The summed E-state index contributed by atoms with van der Waals surface area (Å²) in [6, 6.07) is -0.176. The Morgan fingerprint density at radius 3 is 2.56 bits per heavy atom. The molecular formula is C11H21N3O2. The van der Waals surface area contributed by atoms with Gasteiger partial charge in [0.2, 0.25) is 11.8 Å². The average Bonchev–Trinajstić information content (AvgIpc) is 2.59.